The number of para-hydroxylation sites is 1. The first-order chi connectivity index (χ1) is 18.8. The van der Waals surface area contributed by atoms with Crippen LogP contribution in [-0.4, -0.2) is 74.3 Å². The highest BCUT2D eigenvalue weighted by Gasteiger charge is 2.56. The van der Waals surface area contributed by atoms with Gasteiger partial charge in [-0.2, -0.15) is 15.1 Å². The number of nitrogens with two attached hydrogens (primary N) is 1. The third-order valence-corrected chi connectivity index (χ3v) is 7.72. The monoisotopic (exact) mass is 581 g/mol. The van der Waals surface area contributed by atoms with Gasteiger partial charge in [0.25, 0.3) is 0 Å². The molecule has 1 aliphatic heterocycles. The number of hydrogen-bond donors (Lipinski definition) is 4. The zero-order valence-corrected chi connectivity index (χ0v) is 23.5. The summed E-state index contributed by atoms with van der Waals surface area (Å²) >= 11 is 0. The van der Waals surface area contributed by atoms with Crippen molar-refractivity contribution in [2.45, 2.75) is 63.9 Å². The molecule has 0 saturated carbocycles. The number of nitrogens with one attached hydrogen (secondary N) is 2. The summed E-state index contributed by atoms with van der Waals surface area (Å²) in [5, 5.41) is 16.2. The van der Waals surface area contributed by atoms with Crippen molar-refractivity contribution >= 4 is 36.6 Å². The molecule has 0 bridgehead atoms. The standard InChI is InChI=1S/C24H33FN7O7P/c1-13(2)37-21(34)14(3)31-40(35,39-15-9-7-6-8-10-15)36-11-16-18(33)24(4,25)22(38-16)32-12-28-17-19(27-5)29-23(26)30-20(17)32/h6-10,12-14,16,18,22,33H,11H2,1-5H3,(H,31,35)(H3,26,27,29,30)/t14?,16-,18-,22-,24-,40+/m1/s1. The van der Waals surface area contributed by atoms with Crippen molar-refractivity contribution in [2.75, 3.05) is 24.7 Å². The number of benzene rings is 1. The summed E-state index contributed by atoms with van der Waals surface area (Å²) in [7, 11) is -2.66. The van der Waals surface area contributed by atoms with E-state index in [-0.39, 0.29) is 17.3 Å². The number of ether oxygens (including phenoxy) is 2. The summed E-state index contributed by atoms with van der Waals surface area (Å²) in [6, 6.07) is 7.05. The molecule has 16 heteroatoms. The molecule has 1 aromatic carbocycles. The van der Waals surface area contributed by atoms with E-state index in [1.807, 2.05) is 0 Å². The summed E-state index contributed by atoms with van der Waals surface area (Å²) in [6.45, 7) is 5.37. The molecular weight excluding hydrogens is 548 g/mol. The number of halogens is 1. The van der Waals surface area contributed by atoms with E-state index in [2.05, 4.69) is 25.4 Å². The molecule has 1 aliphatic rings. The second kappa shape index (κ2) is 11.6. The largest absolute Gasteiger partial charge is 0.462 e. The van der Waals surface area contributed by atoms with Gasteiger partial charge in [-0.05, 0) is 39.8 Å². The van der Waals surface area contributed by atoms with Gasteiger partial charge in [0, 0.05) is 7.05 Å². The lowest BCUT2D eigenvalue weighted by molar-refractivity contribution is -0.149. The van der Waals surface area contributed by atoms with Crippen LogP contribution < -0.4 is 20.7 Å². The molecule has 0 amide bonds. The maximum Gasteiger partial charge on any atom is 0.459 e. The van der Waals surface area contributed by atoms with Crippen molar-refractivity contribution in [3.8, 4) is 5.75 Å². The van der Waals surface area contributed by atoms with Crippen LogP contribution in [0.15, 0.2) is 36.7 Å². The van der Waals surface area contributed by atoms with E-state index in [0.717, 1.165) is 6.92 Å². The number of nitrogens with zero attached hydrogens (tertiary/aromatic N) is 4. The molecule has 1 unspecified atom stereocenters. The first kappa shape index (κ1) is 29.6. The number of aromatic nitrogens is 4. The minimum Gasteiger partial charge on any atom is -0.462 e. The Morgan fingerprint density at radius 2 is 2.00 bits per heavy atom. The molecule has 5 N–H and O–H groups in total. The molecule has 4 rings (SSSR count). The second-order valence-corrected chi connectivity index (χ2v) is 11.4. The zero-order chi connectivity index (χ0) is 29.2. The van der Waals surface area contributed by atoms with Crippen LogP contribution >= 0.6 is 7.75 Å². The highest BCUT2D eigenvalue weighted by molar-refractivity contribution is 7.52. The van der Waals surface area contributed by atoms with Crippen LogP contribution in [0.1, 0.15) is 33.9 Å². The van der Waals surface area contributed by atoms with Crippen molar-refractivity contribution < 1.29 is 37.4 Å². The summed E-state index contributed by atoms with van der Waals surface area (Å²) in [4.78, 5) is 24.8. The predicted molar refractivity (Wildman–Crippen MR) is 143 cm³/mol. The minimum absolute atomic E-state index is 0.0761. The molecular formula is C24H33FN7O7P. The lowest BCUT2D eigenvalue weighted by Gasteiger charge is -2.25. The Kier molecular flexibility index (Phi) is 8.61. The van der Waals surface area contributed by atoms with Crippen LogP contribution in [0.3, 0.4) is 0 Å². The molecule has 0 radical (unpaired) electrons. The van der Waals surface area contributed by atoms with E-state index in [0.29, 0.717) is 11.3 Å². The molecule has 1 fully saturated rings. The summed E-state index contributed by atoms with van der Waals surface area (Å²) in [5.41, 5.74) is 3.94. The Bertz CT molecular complexity index is 1390. The van der Waals surface area contributed by atoms with Crippen molar-refractivity contribution in [1.29, 1.82) is 0 Å². The number of carbonyl (C=O) groups is 1. The molecule has 6 atom stereocenters. The average Bonchev–Trinajstić information content (AvgIpc) is 3.40. The number of anilines is 2. The maximum absolute atomic E-state index is 16.0. The number of aliphatic hydroxyl groups excluding tert-OH is 1. The van der Waals surface area contributed by atoms with E-state index in [9.17, 15) is 14.5 Å². The first-order valence-corrected chi connectivity index (χ1v) is 14.1. The van der Waals surface area contributed by atoms with Gasteiger partial charge in [0.15, 0.2) is 28.9 Å². The highest BCUT2D eigenvalue weighted by Crippen LogP contribution is 2.48. The summed E-state index contributed by atoms with van der Waals surface area (Å²) in [5.74, 6) is -0.243. The fraction of sp³-hybridized carbons (Fsp3) is 0.500. The van der Waals surface area contributed by atoms with Crippen LogP contribution in [0.4, 0.5) is 16.2 Å². The molecule has 3 aromatic rings. The third-order valence-electron chi connectivity index (χ3n) is 6.08. The lowest BCUT2D eigenvalue weighted by atomic mass is 9.98. The number of imidazole rings is 1. The number of hydrogen-bond acceptors (Lipinski definition) is 12. The van der Waals surface area contributed by atoms with E-state index in [4.69, 9.17) is 24.3 Å². The predicted octanol–water partition coefficient (Wildman–Crippen LogP) is 2.57. The number of carbonyl (C=O) groups excluding carboxylic acids is 1. The molecule has 0 aliphatic carbocycles. The topological polar surface area (TPSA) is 185 Å². The Balaban J connectivity index is 1.56. The lowest BCUT2D eigenvalue weighted by Crippen LogP contribution is -2.41. The van der Waals surface area contributed by atoms with Gasteiger partial charge in [0.05, 0.1) is 19.0 Å². The van der Waals surface area contributed by atoms with Crippen LogP contribution in [-0.2, 0) is 23.4 Å². The van der Waals surface area contributed by atoms with Crippen LogP contribution in [0.2, 0.25) is 0 Å². The Labute approximate surface area is 230 Å². The van der Waals surface area contributed by atoms with Gasteiger partial charge in [-0.25, -0.2) is 13.9 Å². The molecule has 2 aromatic heterocycles. The van der Waals surface area contributed by atoms with E-state index in [1.165, 1.54) is 17.8 Å². The number of esters is 1. The van der Waals surface area contributed by atoms with Crippen LogP contribution in [0, 0.1) is 0 Å². The highest BCUT2D eigenvalue weighted by atomic mass is 31.2. The summed E-state index contributed by atoms with van der Waals surface area (Å²) in [6.07, 6.45) is -3.52. The molecule has 0 spiro atoms. The van der Waals surface area contributed by atoms with Crippen molar-refractivity contribution in [3.63, 3.8) is 0 Å². The molecule has 14 nitrogen and oxygen atoms in total. The SMILES string of the molecule is CNc1nc(N)nc2c1ncn2[C@@H]1O[C@H](CO[P@@](=O)(NC(C)C(=O)OC(C)C)Oc2ccccc2)[C@@H](O)[C@@]1(C)F. The van der Waals surface area contributed by atoms with Gasteiger partial charge >= 0.3 is 13.7 Å². The summed E-state index contributed by atoms with van der Waals surface area (Å²) < 4.78 is 53.2. The van der Waals surface area contributed by atoms with Gasteiger partial charge in [-0.1, -0.05) is 18.2 Å². The van der Waals surface area contributed by atoms with Crippen molar-refractivity contribution in [3.05, 3.63) is 36.7 Å². The van der Waals surface area contributed by atoms with E-state index < -0.39 is 56.6 Å². The first-order valence-electron chi connectivity index (χ1n) is 12.5. The third kappa shape index (κ3) is 6.18. The van der Waals surface area contributed by atoms with Crippen LogP contribution in [0.5, 0.6) is 5.75 Å². The van der Waals surface area contributed by atoms with Crippen molar-refractivity contribution in [1.82, 2.24) is 24.6 Å². The van der Waals surface area contributed by atoms with Gasteiger partial charge in [-0.3, -0.25) is 13.9 Å². The number of nitrogen functional groups attached to an aromatic ring is 1. The average molecular weight is 582 g/mol. The van der Waals surface area contributed by atoms with Gasteiger partial charge in [0.2, 0.25) is 5.95 Å². The number of rotatable bonds is 11. The molecule has 3 heterocycles. The quantitative estimate of drug-likeness (QED) is 0.191. The Morgan fingerprint density at radius 1 is 1.30 bits per heavy atom. The molecule has 1 saturated heterocycles. The fourth-order valence-corrected chi connectivity index (χ4v) is 5.64. The Morgan fingerprint density at radius 3 is 2.65 bits per heavy atom. The van der Waals surface area contributed by atoms with E-state index in [1.54, 1.807) is 51.2 Å². The van der Waals surface area contributed by atoms with E-state index >= 15 is 4.39 Å². The number of fused-ring (bicyclic) bond motifs is 1. The second-order valence-electron chi connectivity index (χ2n) is 9.66. The Hall–Kier alpha value is -3.36. The number of aliphatic hydroxyl groups is 1. The van der Waals surface area contributed by atoms with Crippen molar-refractivity contribution in [2.24, 2.45) is 0 Å². The van der Waals surface area contributed by atoms with Gasteiger partial charge in [0.1, 0.15) is 24.0 Å². The normalized spacial score (nSPS) is 25.1. The number of alkyl halides is 1. The van der Waals surface area contributed by atoms with Crippen LogP contribution in [0.25, 0.3) is 11.2 Å². The molecule has 218 valence electrons. The van der Waals surface area contributed by atoms with Gasteiger partial charge in [-0.15, -0.1) is 0 Å². The zero-order valence-electron chi connectivity index (χ0n) is 22.6. The van der Waals surface area contributed by atoms with Gasteiger partial charge < -0.3 is 30.2 Å². The maximum atomic E-state index is 16.0. The molecule has 40 heavy (non-hydrogen) atoms. The fourth-order valence-electron chi connectivity index (χ4n) is 4.14. The smallest absolute Gasteiger partial charge is 0.459 e. The minimum atomic E-state index is -4.28.